The molecular weight excluding hydrogens is 260 g/mol. The van der Waals surface area contributed by atoms with Gasteiger partial charge >= 0.3 is 5.69 Å². The van der Waals surface area contributed by atoms with Crippen molar-refractivity contribution in [2.24, 2.45) is 0 Å². The third-order valence-corrected chi connectivity index (χ3v) is 3.93. The Morgan fingerprint density at radius 2 is 2.20 bits per heavy atom. The van der Waals surface area contributed by atoms with E-state index in [1.165, 1.54) is 18.2 Å². The number of aromatic hydroxyl groups is 1. The summed E-state index contributed by atoms with van der Waals surface area (Å²) in [5.41, 5.74) is -0.429. The molecule has 0 radical (unpaired) electrons. The monoisotopic (exact) mass is 278 g/mol. The fourth-order valence-corrected chi connectivity index (χ4v) is 2.83. The number of likely N-dealkylation sites (tertiary alicyclic amines) is 1. The summed E-state index contributed by atoms with van der Waals surface area (Å²) in [4.78, 5) is 24.4. The number of hydrogen-bond acceptors (Lipinski definition) is 4. The largest absolute Gasteiger partial charge is 0.502 e. The molecule has 1 aliphatic rings. The van der Waals surface area contributed by atoms with Gasteiger partial charge in [-0.25, -0.2) is 0 Å². The highest BCUT2D eigenvalue weighted by Gasteiger charge is 2.35. The maximum Gasteiger partial charge on any atom is 0.311 e. The average molecular weight is 278 g/mol. The smallest absolute Gasteiger partial charge is 0.311 e. The average Bonchev–Trinajstić information content (AvgIpc) is 2.79. The predicted octanol–water partition coefficient (Wildman–Crippen LogP) is 2.70. The molecule has 0 bridgehead atoms. The van der Waals surface area contributed by atoms with Crippen LogP contribution in [-0.2, 0) is 0 Å². The molecule has 0 aromatic heterocycles. The lowest BCUT2D eigenvalue weighted by molar-refractivity contribution is -0.385. The van der Waals surface area contributed by atoms with Gasteiger partial charge in [0.05, 0.1) is 10.5 Å². The number of carbonyl (C=O) groups is 1. The van der Waals surface area contributed by atoms with Crippen LogP contribution in [-0.4, -0.2) is 32.9 Å². The zero-order valence-corrected chi connectivity index (χ0v) is 11.6. The lowest BCUT2D eigenvalue weighted by atomic mass is 10.1. The molecule has 6 heteroatoms. The van der Waals surface area contributed by atoms with E-state index in [0.717, 1.165) is 19.3 Å². The minimum absolute atomic E-state index is 0.00593. The Morgan fingerprint density at radius 3 is 2.80 bits per heavy atom. The zero-order valence-electron chi connectivity index (χ0n) is 11.6. The molecule has 6 nitrogen and oxygen atoms in total. The molecule has 1 aliphatic heterocycles. The molecule has 2 rings (SSSR count). The van der Waals surface area contributed by atoms with Crippen LogP contribution in [0, 0.1) is 10.1 Å². The second-order valence-electron chi connectivity index (χ2n) is 5.13. The van der Waals surface area contributed by atoms with Crippen molar-refractivity contribution >= 4 is 11.6 Å². The first-order chi connectivity index (χ1) is 9.47. The van der Waals surface area contributed by atoms with E-state index in [9.17, 15) is 20.0 Å². The van der Waals surface area contributed by atoms with E-state index in [0.29, 0.717) is 0 Å². The lowest BCUT2D eigenvalue weighted by Gasteiger charge is -2.28. The van der Waals surface area contributed by atoms with Gasteiger partial charge in [0, 0.05) is 18.2 Å². The van der Waals surface area contributed by atoms with Crippen LogP contribution in [0.2, 0.25) is 0 Å². The van der Waals surface area contributed by atoms with E-state index in [2.05, 4.69) is 0 Å². The molecule has 2 atom stereocenters. The van der Waals surface area contributed by atoms with E-state index in [1.54, 1.807) is 4.90 Å². The number of phenols is 1. The number of amides is 1. The first kappa shape index (κ1) is 14.3. The highest BCUT2D eigenvalue weighted by atomic mass is 16.6. The summed E-state index contributed by atoms with van der Waals surface area (Å²) >= 11 is 0. The van der Waals surface area contributed by atoms with Crippen molar-refractivity contribution in [2.75, 3.05) is 0 Å². The molecule has 0 aliphatic carbocycles. The highest BCUT2D eigenvalue weighted by Crippen LogP contribution is 2.34. The predicted molar refractivity (Wildman–Crippen MR) is 73.7 cm³/mol. The fourth-order valence-electron chi connectivity index (χ4n) is 2.83. The topological polar surface area (TPSA) is 83.7 Å². The van der Waals surface area contributed by atoms with Gasteiger partial charge in [0.15, 0.2) is 0 Å². The maximum absolute atomic E-state index is 12.6. The molecule has 1 heterocycles. The van der Waals surface area contributed by atoms with Crippen molar-refractivity contribution in [1.29, 1.82) is 0 Å². The summed E-state index contributed by atoms with van der Waals surface area (Å²) in [6.45, 7) is 3.97. The molecule has 1 fully saturated rings. The quantitative estimate of drug-likeness (QED) is 0.680. The minimum atomic E-state index is -0.684. The van der Waals surface area contributed by atoms with Crippen LogP contribution in [0.1, 0.15) is 43.5 Å². The van der Waals surface area contributed by atoms with E-state index in [-0.39, 0.29) is 23.6 Å². The van der Waals surface area contributed by atoms with Crippen molar-refractivity contribution < 1.29 is 14.8 Å². The molecule has 1 amide bonds. The Morgan fingerprint density at radius 1 is 1.50 bits per heavy atom. The van der Waals surface area contributed by atoms with Crippen LogP contribution in [0.4, 0.5) is 5.69 Å². The summed E-state index contributed by atoms with van der Waals surface area (Å²) in [5, 5.41) is 20.8. The van der Waals surface area contributed by atoms with Gasteiger partial charge in [-0.05, 0) is 32.3 Å². The molecule has 108 valence electrons. The first-order valence-corrected chi connectivity index (χ1v) is 6.76. The minimum Gasteiger partial charge on any atom is -0.502 e. The van der Waals surface area contributed by atoms with Gasteiger partial charge in [-0.15, -0.1) is 0 Å². The highest BCUT2D eigenvalue weighted by molar-refractivity contribution is 5.98. The summed E-state index contributed by atoms with van der Waals surface area (Å²) in [5.74, 6) is -0.875. The molecule has 20 heavy (non-hydrogen) atoms. The van der Waals surface area contributed by atoms with Crippen LogP contribution in [0.15, 0.2) is 18.2 Å². The summed E-state index contributed by atoms with van der Waals surface area (Å²) in [6.07, 6.45) is 2.69. The molecule has 1 aromatic carbocycles. The number of nitrogens with zero attached hydrogens (tertiary/aromatic N) is 2. The lowest BCUT2D eigenvalue weighted by Crippen LogP contribution is -2.39. The molecular formula is C14H18N2O4. The molecule has 0 saturated carbocycles. The number of phenolic OH excluding ortho intramolecular Hbond substituents is 1. The molecule has 0 spiro atoms. The van der Waals surface area contributed by atoms with Gasteiger partial charge in [0.2, 0.25) is 5.75 Å². The van der Waals surface area contributed by atoms with E-state index in [4.69, 9.17) is 0 Å². The molecule has 1 aromatic rings. The standard InChI is InChI=1S/C14H18N2O4/c1-3-10-8-7-9(2)15(10)14(18)11-5-4-6-12(13(11)17)16(19)20/h4-6,9-10,17H,3,7-8H2,1-2H3. The van der Waals surface area contributed by atoms with Crippen LogP contribution in [0.3, 0.4) is 0 Å². The van der Waals surface area contributed by atoms with Crippen molar-refractivity contribution in [3.63, 3.8) is 0 Å². The first-order valence-electron chi connectivity index (χ1n) is 6.76. The number of para-hydroxylation sites is 1. The van der Waals surface area contributed by atoms with E-state index in [1.807, 2.05) is 13.8 Å². The SMILES string of the molecule is CCC1CCC(C)N1C(=O)c1cccc([N+](=O)[O-])c1O. The van der Waals surface area contributed by atoms with Crippen LogP contribution >= 0.6 is 0 Å². The number of hydrogen-bond donors (Lipinski definition) is 1. The van der Waals surface area contributed by atoms with Crippen LogP contribution < -0.4 is 0 Å². The Bertz CT molecular complexity index is 544. The third kappa shape index (κ3) is 2.33. The number of benzene rings is 1. The van der Waals surface area contributed by atoms with Gasteiger partial charge < -0.3 is 10.0 Å². The third-order valence-electron chi connectivity index (χ3n) is 3.93. The van der Waals surface area contributed by atoms with Gasteiger partial charge in [0.25, 0.3) is 5.91 Å². The Kier molecular flexibility index (Phi) is 3.92. The second-order valence-corrected chi connectivity index (χ2v) is 5.13. The molecule has 2 unspecified atom stereocenters. The summed E-state index contributed by atoms with van der Waals surface area (Å²) in [6, 6.07) is 4.27. The Hall–Kier alpha value is -2.11. The maximum atomic E-state index is 12.6. The van der Waals surface area contributed by atoms with E-state index < -0.39 is 16.4 Å². The Labute approximate surface area is 117 Å². The van der Waals surface area contributed by atoms with Crippen molar-refractivity contribution in [3.8, 4) is 5.75 Å². The normalized spacial score (nSPS) is 22.0. The number of rotatable bonds is 3. The van der Waals surface area contributed by atoms with Gasteiger partial charge in [0.1, 0.15) is 0 Å². The summed E-state index contributed by atoms with van der Waals surface area (Å²) in [7, 11) is 0. The fraction of sp³-hybridized carbons (Fsp3) is 0.500. The van der Waals surface area contributed by atoms with Gasteiger partial charge in [-0.3, -0.25) is 14.9 Å². The van der Waals surface area contributed by atoms with Crippen molar-refractivity contribution in [3.05, 3.63) is 33.9 Å². The number of carbonyl (C=O) groups excluding carboxylic acids is 1. The van der Waals surface area contributed by atoms with E-state index >= 15 is 0 Å². The molecule has 1 saturated heterocycles. The number of nitro benzene ring substituents is 1. The molecule has 1 N–H and O–H groups in total. The Balaban J connectivity index is 2.39. The van der Waals surface area contributed by atoms with Crippen molar-refractivity contribution in [1.82, 2.24) is 4.90 Å². The second kappa shape index (κ2) is 5.48. The van der Waals surface area contributed by atoms with Gasteiger partial charge in [-0.1, -0.05) is 13.0 Å². The van der Waals surface area contributed by atoms with Crippen LogP contribution in [0.5, 0.6) is 5.75 Å². The summed E-state index contributed by atoms with van der Waals surface area (Å²) < 4.78 is 0. The van der Waals surface area contributed by atoms with Crippen LogP contribution in [0.25, 0.3) is 0 Å². The van der Waals surface area contributed by atoms with Crippen molar-refractivity contribution in [2.45, 2.75) is 45.2 Å². The zero-order chi connectivity index (χ0) is 14.9. The number of nitro groups is 1. The van der Waals surface area contributed by atoms with Gasteiger partial charge in [-0.2, -0.15) is 0 Å².